The van der Waals surface area contributed by atoms with Gasteiger partial charge in [-0.1, -0.05) is 48.0 Å². The first-order chi connectivity index (χ1) is 9.06. The van der Waals surface area contributed by atoms with Gasteiger partial charge < -0.3 is 5.32 Å². The van der Waals surface area contributed by atoms with Crippen LogP contribution in [0.4, 0.5) is 0 Å². The minimum absolute atomic E-state index is 0.492. The average molecular weight is 322 g/mol. The molecule has 1 aromatic carbocycles. The molecule has 1 aromatic heterocycles. The van der Waals surface area contributed by atoms with Crippen LogP contribution < -0.4 is 5.32 Å². The lowest BCUT2D eigenvalue weighted by molar-refractivity contribution is 0.587. The van der Waals surface area contributed by atoms with Crippen LogP contribution in [0.25, 0.3) is 0 Å². The van der Waals surface area contributed by atoms with E-state index in [1.807, 2.05) is 10.7 Å². The molecule has 1 heterocycles. The molecule has 4 heteroatoms. The second-order valence-electron chi connectivity index (χ2n) is 5.06. The van der Waals surface area contributed by atoms with E-state index in [0.717, 1.165) is 23.3 Å². The van der Waals surface area contributed by atoms with Crippen molar-refractivity contribution < 1.29 is 0 Å². The molecule has 2 aromatic rings. The zero-order chi connectivity index (χ0) is 13.8. The molecular weight excluding hydrogens is 302 g/mol. The number of aromatic nitrogens is 2. The van der Waals surface area contributed by atoms with E-state index in [2.05, 4.69) is 71.5 Å². The molecule has 0 radical (unpaired) electrons. The van der Waals surface area contributed by atoms with Crippen molar-refractivity contribution in [1.29, 1.82) is 0 Å². The lowest BCUT2D eigenvalue weighted by atomic mass is 10.2. The second kappa shape index (κ2) is 6.35. The topological polar surface area (TPSA) is 29.9 Å². The van der Waals surface area contributed by atoms with Crippen molar-refractivity contribution in [2.45, 2.75) is 39.9 Å². The number of nitrogens with zero attached hydrogens (tertiary/aromatic N) is 2. The fourth-order valence-electron chi connectivity index (χ4n) is 1.93. The van der Waals surface area contributed by atoms with E-state index in [1.165, 1.54) is 11.1 Å². The Balaban J connectivity index is 2.10. The normalized spacial score (nSPS) is 11.2. The first-order valence-corrected chi connectivity index (χ1v) is 7.35. The van der Waals surface area contributed by atoms with Crippen LogP contribution in [0.15, 0.2) is 34.9 Å². The van der Waals surface area contributed by atoms with Crippen molar-refractivity contribution in [2.75, 3.05) is 0 Å². The van der Waals surface area contributed by atoms with Crippen LogP contribution in [0.5, 0.6) is 0 Å². The summed E-state index contributed by atoms with van der Waals surface area (Å²) < 4.78 is 3.14. The maximum atomic E-state index is 4.58. The van der Waals surface area contributed by atoms with E-state index in [0.29, 0.717) is 6.04 Å². The second-order valence-corrected chi connectivity index (χ2v) is 5.92. The van der Waals surface area contributed by atoms with Crippen LogP contribution in [0.3, 0.4) is 0 Å². The van der Waals surface area contributed by atoms with Crippen LogP contribution in [-0.4, -0.2) is 15.8 Å². The molecule has 0 aliphatic carbocycles. The molecule has 0 aliphatic rings. The summed E-state index contributed by atoms with van der Waals surface area (Å²) in [6, 6.07) is 8.75. The van der Waals surface area contributed by atoms with E-state index in [1.54, 1.807) is 0 Å². The summed E-state index contributed by atoms with van der Waals surface area (Å²) in [5.41, 5.74) is 3.61. The van der Waals surface area contributed by atoms with Crippen LogP contribution in [-0.2, 0) is 13.1 Å². The Labute approximate surface area is 123 Å². The highest BCUT2D eigenvalue weighted by atomic mass is 79.9. The van der Waals surface area contributed by atoms with Crippen LogP contribution in [0, 0.1) is 6.92 Å². The highest BCUT2D eigenvalue weighted by Gasteiger charge is 2.07. The first kappa shape index (κ1) is 14.3. The first-order valence-electron chi connectivity index (χ1n) is 6.56. The van der Waals surface area contributed by atoms with Gasteiger partial charge in [0.2, 0.25) is 0 Å². The summed E-state index contributed by atoms with van der Waals surface area (Å²) in [6.07, 6.45) is 2.13. The highest BCUT2D eigenvalue weighted by Crippen LogP contribution is 2.17. The molecule has 0 unspecified atom stereocenters. The number of rotatable bonds is 5. The molecule has 0 saturated heterocycles. The number of halogens is 1. The number of aryl methyl sites for hydroxylation is 1. The largest absolute Gasteiger partial charge is 0.310 e. The Morgan fingerprint density at radius 3 is 2.68 bits per heavy atom. The van der Waals surface area contributed by atoms with Crippen molar-refractivity contribution in [2.24, 2.45) is 0 Å². The SMILES string of the molecule is Cc1nn(Cc2ccccc2Br)cc1CNC(C)C. The molecule has 0 fully saturated rings. The van der Waals surface area contributed by atoms with Crippen molar-refractivity contribution >= 4 is 15.9 Å². The Morgan fingerprint density at radius 2 is 2.00 bits per heavy atom. The molecule has 3 nitrogen and oxygen atoms in total. The highest BCUT2D eigenvalue weighted by molar-refractivity contribution is 9.10. The van der Waals surface area contributed by atoms with Gasteiger partial charge in [-0.05, 0) is 18.6 Å². The predicted octanol–water partition coefficient (Wildman–Crippen LogP) is 3.50. The predicted molar refractivity (Wildman–Crippen MR) is 82.2 cm³/mol. The monoisotopic (exact) mass is 321 g/mol. The van der Waals surface area contributed by atoms with Gasteiger partial charge in [0.25, 0.3) is 0 Å². The third-order valence-corrected chi connectivity index (χ3v) is 3.81. The number of nitrogens with one attached hydrogen (secondary N) is 1. The minimum atomic E-state index is 0.492. The molecule has 0 amide bonds. The van der Waals surface area contributed by atoms with Gasteiger partial charge in [-0.15, -0.1) is 0 Å². The summed E-state index contributed by atoms with van der Waals surface area (Å²) in [5.74, 6) is 0. The Morgan fingerprint density at radius 1 is 1.26 bits per heavy atom. The van der Waals surface area contributed by atoms with Crippen molar-refractivity contribution in [3.05, 3.63) is 51.8 Å². The molecule has 0 atom stereocenters. The van der Waals surface area contributed by atoms with Crippen LogP contribution >= 0.6 is 15.9 Å². The Hall–Kier alpha value is -1.13. The van der Waals surface area contributed by atoms with Crippen molar-refractivity contribution in [3.63, 3.8) is 0 Å². The molecule has 1 N–H and O–H groups in total. The van der Waals surface area contributed by atoms with E-state index in [4.69, 9.17) is 0 Å². The lowest BCUT2D eigenvalue weighted by Crippen LogP contribution is -2.21. The molecule has 0 bridgehead atoms. The van der Waals surface area contributed by atoms with Gasteiger partial charge in [0.05, 0.1) is 12.2 Å². The van der Waals surface area contributed by atoms with Crippen LogP contribution in [0.1, 0.15) is 30.7 Å². The van der Waals surface area contributed by atoms with Crippen molar-refractivity contribution in [1.82, 2.24) is 15.1 Å². The van der Waals surface area contributed by atoms with Crippen LogP contribution in [0.2, 0.25) is 0 Å². The summed E-state index contributed by atoms with van der Waals surface area (Å²) in [6.45, 7) is 8.04. The quantitative estimate of drug-likeness (QED) is 0.913. The molecule has 0 spiro atoms. The Bertz CT molecular complexity index is 546. The number of benzene rings is 1. The summed E-state index contributed by atoms with van der Waals surface area (Å²) in [5, 5.41) is 8.01. The standard InChI is InChI=1S/C15H20BrN3/c1-11(2)17-8-14-10-19(18-12(14)3)9-13-6-4-5-7-15(13)16/h4-7,10-11,17H,8-9H2,1-3H3. The summed E-state index contributed by atoms with van der Waals surface area (Å²) in [7, 11) is 0. The van der Waals surface area contributed by atoms with Gasteiger partial charge in [0.1, 0.15) is 0 Å². The van der Waals surface area contributed by atoms with Gasteiger partial charge in [-0.3, -0.25) is 4.68 Å². The van der Waals surface area contributed by atoms with Gasteiger partial charge in [-0.25, -0.2) is 0 Å². The lowest BCUT2D eigenvalue weighted by Gasteiger charge is -2.06. The fraction of sp³-hybridized carbons (Fsp3) is 0.400. The van der Waals surface area contributed by atoms with E-state index >= 15 is 0 Å². The van der Waals surface area contributed by atoms with E-state index in [9.17, 15) is 0 Å². The van der Waals surface area contributed by atoms with E-state index in [-0.39, 0.29) is 0 Å². The minimum Gasteiger partial charge on any atom is -0.310 e. The van der Waals surface area contributed by atoms with Gasteiger partial charge >= 0.3 is 0 Å². The third-order valence-electron chi connectivity index (χ3n) is 3.04. The van der Waals surface area contributed by atoms with E-state index < -0.39 is 0 Å². The summed E-state index contributed by atoms with van der Waals surface area (Å²) in [4.78, 5) is 0. The van der Waals surface area contributed by atoms with Crippen molar-refractivity contribution in [3.8, 4) is 0 Å². The maximum absolute atomic E-state index is 4.58. The maximum Gasteiger partial charge on any atom is 0.0670 e. The molecule has 102 valence electrons. The van der Waals surface area contributed by atoms with Gasteiger partial charge in [-0.2, -0.15) is 5.10 Å². The number of hydrogen-bond acceptors (Lipinski definition) is 2. The zero-order valence-electron chi connectivity index (χ0n) is 11.7. The number of hydrogen-bond donors (Lipinski definition) is 1. The molecule has 19 heavy (non-hydrogen) atoms. The smallest absolute Gasteiger partial charge is 0.0670 e. The summed E-state index contributed by atoms with van der Waals surface area (Å²) >= 11 is 3.58. The van der Waals surface area contributed by atoms with Gasteiger partial charge in [0, 0.05) is 28.8 Å². The Kier molecular flexibility index (Phi) is 4.77. The third kappa shape index (κ3) is 3.91. The zero-order valence-corrected chi connectivity index (χ0v) is 13.2. The molecular formula is C15H20BrN3. The van der Waals surface area contributed by atoms with Gasteiger partial charge in [0.15, 0.2) is 0 Å². The molecule has 0 aliphatic heterocycles. The molecule has 0 saturated carbocycles. The average Bonchev–Trinajstić information content (AvgIpc) is 2.70. The fourth-order valence-corrected chi connectivity index (χ4v) is 2.34. The molecule has 2 rings (SSSR count).